The minimum absolute atomic E-state index is 0.106. The van der Waals surface area contributed by atoms with Gasteiger partial charge in [-0.25, -0.2) is 4.79 Å². The molecule has 5 amide bonds. The van der Waals surface area contributed by atoms with Crippen LogP contribution in [-0.4, -0.2) is 38.5 Å². The predicted octanol–water partition coefficient (Wildman–Crippen LogP) is 3.24. The lowest BCUT2D eigenvalue weighted by molar-refractivity contribution is -0.138. The first kappa shape index (κ1) is 25.7. The summed E-state index contributed by atoms with van der Waals surface area (Å²) in [5.41, 5.74) is 4.86. The molecule has 0 spiro atoms. The second kappa shape index (κ2) is 9.44. The van der Waals surface area contributed by atoms with E-state index in [1.54, 1.807) is 30.3 Å². The summed E-state index contributed by atoms with van der Waals surface area (Å²) < 4.78 is 40.2. The van der Waals surface area contributed by atoms with Crippen LogP contribution in [0.2, 0.25) is 0 Å². The summed E-state index contributed by atoms with van der Waals surface area (Å²) in [6.07, 6.45) is -4.60. The Morgan fingerprint density at radius 1 is 1.00 bits per heavy atom. The molecule has 0 radical (unpaired) electrons. The topological polar surface area (TPSA) is 132 Å². The maximum Gasteiger partial charge on any atom is 0.416 e. The normalized spacial score (nSPS) is 20.7. The van der Waals surface area contributed by atoms with Gasteiger partial charge in [0.05, 0.1) is 16.5 Å². The molecular formula is C24H17F3N4O5S2. The molecule has 0 saturated carbocycles. The highest BCUT2D eigenvalue weighted by atomic mass is 32.2. The first-order valence-corrected chi connectivity index (χ1v) is 12.8. The molecule has 1 saturated heterocycles. The van der Waals surface area contributed by atoms with Gasteiger partial charge < -0.3 is 11.1 Å². The highest BCUT2D eigenvalue weighted by Gasteiger charge is 2.57. The van der Waals surface area contributed by atoms with Crippen LogP contribution >= 0.6 is 23.1 Å². The number of nitrogens with zero attached hydrogens (tertiary/aromatic N) is 2. The van der Waals surface area contributed by atoms with Gasteiger partial charge in [-0.05, 0) is 23.8 Å². The van der Waals surface area contributed by atoms with Crippen molar-refractivity contribution in [2.75, 3.05) is 5.32 Å². The number of imide groups is 3. The maximum atomic E-state index is 13.1. The fourth-order valence-electron chi connectivity index (χ4n) is 4.61. The quantitative estimate of drug-likeness (QED) is 0.470. The number of urea groups is 1. The van der Waals surface area contributed by atoms with E-state index >= 15 is 0 Å². The number of carbonyl (C=O) groups excluding carboxylic acids is 4. The number of likely N-dealkylation sites (tertiary alicyclic amines) is 1. The number of aromatic nitrogens is 1. The number of thioether (sulfide) groups is 1. The van der Waals surface area contributed by atoms with Crippen LogP contribution in [0.1, 0.15) is 21.9 Å². The lowest BCUT2D eigenvalue weighted by atomic mass is 9.83. The van der Waals surface area contributed by atoms with Crippen molar-refractivity contribution in [1.82, 2.24) is 9.47 Å². The largest absolute Gasteiger partial charge is 0.416 e. The number of hydrogen-bond donors (Lipinski definition) is 2. The lowest BCUT2D eigenvalue weighted by Gasteiger charge is -2.30. The Hall–Kier alpha value is -3.91. The van der Waals surface area contributed by atoms with Crippen LogP contribution in [0.3, 0.4) is 0 Å². The van der Waals surface area contributed by atoms with Gasteiger partial charge in [-0.1, -0.05) is 59.5 Å². The minimum atomic E-state index is -4.60. The van der Waals surface area contributed by atoms with Gasteiger partial charge in [0.1, 0.15) is 11.8 Å². The molecule has 0 aliphatic carbocycles. The summed E-state index contributed by atoms with van der Waals surface area (Å²) in [5, 5.41) is 1.56. The van der Waals surface area contributed by atoms with Crippen LogP contribution in [0.15, 0.2) is 64.4 Å². The van der Waals surface area contributed by atoms with Crippen molar-refractivity contribution in [3.8, 4) is 0 Å². The Bertz CT molecular complexity index is 1540. The van der Waals surface area contributed by atoms with Crippen molar-refractivity contribution >= 4 is 52.5 Å². The summed E-state index contributed by atoms with van der Waals surface area (Å²) in [6, 6.07) is 11.5. The Kier molecular flexibility index (Phi) is 6.39. The van der Waals surface area contributed by atoms with Crippen molar-refractivity contribution in [2.45, 2.75) is 28.9 Å². The van der Waals surface area contributed by atoms with E-state index in [4.69, 9.17) is 5.73 Å². The zero-order chi connectivity index (χ0) is 27.4. The molecule has 196 valence electrons. The lowest BCUT2D eigenvalue weighted by Crippen LogP contribution is -2.41. The Morgan fingerprint density at radius 2 is 1.71 bits per heavy atom. The van der Waals surface area contributed by atoms with E-state index in [1.807, 2.05) is 0 Å². The first-order chi connectivity index (χ1) is 18.0. The van der Waals surface area contributed by atoms with Gasteiger partial charge in [-0.3, -0.25) is 23.7 Å². The van der Waals surface area contributed by atoms with Crippen molar-refractivity contribution in [2.24, 2.45) is 11.7 Å². The zero-order valence-corrected chi connectivity index (χ0v) is 20.7. The maximum absolute atomic E-state index is 13.1. The molecule has 1 fully saturated rings. The Balaban J connectivity index is 1.51. The highest BCUT2D eigenvalue weighted by Crippen LogP contribution is 2.53. The van der Waals surface area contributed by atoms with E-state index in [0.717, 1.165) is 45.9 Å². The van der Waals surface area contributed by atoms with Crippen molar-refractivity contribution in [1.29, 1.82) is 0 Å². The number of halogens is 3. The van der Waals surface area contributed by atoms with Crippen LogP contribution in [0.5, 0.6) is 0 Å². The summed E-state index contributed by atoms with van der Waals surface area (Å²) in [5.74, 6) is -4.11. The van der Waals surface area contributed by atoms with Crippen molar-refractivity contribution in [3.05, 3.63) is 80.3 Å². The van der Waals surface area contributed by atoms with Gasteiger partial charge >= 0.3 is 17.1 Å². The number of thiazole rings is 1. The average Bonchev–Trinajstić information content (AvgIpc) is 3.30. The summed E-state index contributed by atoms with van der Waals surface area (Å²) >= 11 is 1.68. The van der Waals surface area contributed by atoms with Gasteiger partial charge in [0.25, 0.3) is 5.91 Å². The molecule has 14 heteroatoms. The monoisotopic (exact) mass is 562 g/mol. The summed E-state index contributed by atoms with van der Waals surface area (Å²) in [7, 11) is 0. The standard InChI is InChI=1S/C24H17F3N4O5S2/c25-24(26,27)12-7-4-8-13(9-12)29-14(32)10-30-21-18(38-23(30)36)15(11-5-2-1-3-6-11)16-17(37-21)20(34)31(19(16)33)22(28)35/h1-9,15-17H,10H2,(H2,28,35)(H,29,32). The fourth-order valence-corrected chi connectivity index (χ4v) is 7.38. The van der Waals surface area contributed by atoms with Crippen LogP contribution in [0.4, 0.5) is 23.7 Å². The number of alkyl halides is 3. The molecule has 2 aromatic carbocycles. The van der Waals surface area contributed by atoms with E-state index < -0.39 is 64.0 Å². The average molecular weight is 563 g/mol. The van der Waals surface area contributed by atoms with Gasteiger partial charge in [0.2, 0.25) is 11.8 Å². The second-order valence-corrected chi connectivity index (χ2v) is 10.7. The number of carbonyl (C=O) groups is 4. The number of benzene rings is 2. The van der Waals surface area contributed by atoms with E-state index in [0.29, 0.717) is 15.3 Å². The third-order valence-corrected chi connectivity index (χ3v) is 8.81. The molecule has 3 aromatic rings. The third kappa shape index (κ3) is 4.39. The molecule has 3 atom stereocenters. The van der Waals surface area contributed by atoms with Gasteiger partial charge in [-0.2, -0.15) is 18.1 Å². The molecule has 5 rings (SSSR count). The van der Waals surface area contributed by atoms with Crippen LogP contribution in [-0.2, 0) is 27.1 Å². The number of nitrogens with one attached hydrogen (secondary N) is 1. The molecule has 3 N–H and O–H groups in total. The second-order valence-electron chi connectivity index (χ2n) is 8.55. The smallest absolute Gasteiger partial charge is 0.351 e. The molecule has 0 bridgehead atoms. The number of hydrogen-bond acceptors (Lipinski definition) is 7. The van der Waals surface area contributed by atoms with Crippen LogP contribution in [0, 0.1) is 5.92 Å². The predicted molar refractivity (Wildman–Crippen MR) is 132 cm³/mol. The molecule has 2 aliphatic rings. The zero-order valence-electron chi connectivity index (χ0n) is 19.1. The molecule has 3 unspecified atom stereocenters. The first-order valence-electron chi connectivity index (χ1n) is 11.1. The highest BCUT2D eigenvalue weighted by molar-refractivity contribution is 8.00. The third-order valence-electron chi connectivity index (χ3n) is 6.20. The summed E-state index contributed by atoms with van der Waals surface area (Å²) in [6.45, 7) is -0.547. The molecule has 38 heavy (non-hydrogen) atoms. The molecular weight excluding hydrogens is 545 g/mol. The number of amides is 5. The number of rotatable bonds is 4. The Labute approximate surface area is 220 Å². The number of anilines is 1. The van der Waals surface area contributed by atoms with Gasteiger partial charge in [0, 0.05) is 16.5 Å². The Morgan fingerprint density at radius 3 is 2.37 bits per heavy atom. The molecule has 9 nitrogen and oxygen atoms in total. The van der Waals surface area contributed by atoms with E-state index in [2.05, 4.69) is 5.32 Å². The molecule has 1 aromatic heterocycles. The number of fused-ring (bicyclic) bond motifs is 2. The molecule has 3 heterocycles. The number of nitrogens with two attached hydrogens (primary N) is 1. The minimum Gasteiger partial charge on any atom is -0.351 e. The molecule has 2 aliphatic heterocycles. The van der Waals surface area contributed by atoms with Gasteiger partial charge in [-0.15, -0.1) is 0 Å². The fraction of sp³-hybridized carbons (Fsp3) is 0.208. The van der Waals surface area contributed by atoms with E-state index in [1.165, 1.54) is 6.07 Å². The summed E-state index contributed by atoms with van der Waals surface area (Å²) in [4.78, 5) is 64.0. The van der Waals surface area contributed by atoms with Crippen molar-refractivity contribution in [3.63, 3.8) is 0 Å². The van der Waals surface area contributed by atoms with Crippen LogP contribution in [0.25, 0.3) is 0 Å². The SMILES string of the molecule is NC(=O)N1C(=O)C2Sc3c(sc(=O)n3CC(=O)Nc3cccc(C(F)(F)F)c3)C(c3ccccc3)C2C1=O. The van der Waals surface area contributed by atoms with Crippen LogP contribution < -0.4 is 15.9 Å². The van der Waals surface area contributed by atoms with E-state index in [9.17, 15) is 37.1 Å². The van der Waals surface area contributed by atoms with Gasteiger partial charge in [0.15, 0.2) is 0 Å². The number of primary amides is 1. The van der Waals surface area contributed by atoms with E-state index in [-0.39, 0.29) is 10.7 Å². The van der Waals surface area contributed by atoms with Crippen molar-refractivity contribution < 1.29 is 32.3 Å².